The summed E-state index contributed by atoms with van der Waals surface area (Å²) in [6.45, 7) is 5.02. The van der Waals surface area contributed by atoms with Crippen molar-refractivity contribution in [2.45, 2.75) is 32.7 Å². The average Bonchev–Trinajstić information content (AvgIpc) is 2.30. The molecule has 1 heterocycles. The van der Waals surface area contributed by atoms with E-state index in [1.807, 2.05) is 12.1 Å². The number of nitrogens with zero attached hydrogens (tertiary/aromatic N) is 1. The predicted octanol–water partition coefficient (Wildman–Crippen LogP) is 2.56. The molecule has 1 saturated heterocycles. The third kappa shape index (κ3) is 2.43. The molecule has 0 aromatic heterocycles. The number of ketones is 1. The number of aryl methyl sites for hydroxylation is 1. The molecule has 0 aliphatic carbocycles. The van der Waals surface area contributed by atoms with E-state index < -0.39 is 0 Å². The Morgan fingerprint density at radius 3 is 2.76 bits per heavy atom. The summed E-state index contributed by atoms with van der Waals surface area (Å²) in [7, 11) is 1.68. The van der Waals surface area contributed by atoms with Crippen molar-refractivity contribution in [3.63, 3.8) is 0 Å². The van der Waals surface area contributed by atoms with Gasteiger partial charge < -0.3 is 9.64 Å². The van der Waals surface area contributed by atoms with Crippen LogP contribution in [0.5, 0.6) is 5.75 Å². The van der Waals surface area contributed by atoms with Gasteiger partial charge in [0.2, 0.25) is 0 Å². The van der Waals surface area contributed by atoms with Gasteiger partial charge in [-0.15, -0.1) is 0 Å². The van der Waals surface area contributed by atoms with Crippen LogP contribution in [0.25, 0.3) is 0 Å². The summed E-state index contributed by atoms with van der Waals surface area (Å²) in [6, 6.07) is 6.40. The number of ether oxygens (including phenoxy) is 1. The molecule has 0 amide bonds. The summed E-state index contributed by atoms with van der Waals surface area (Å²) in [6.07, 6.45) is 1.32. The topological polar surface area (TPSA) is 29.5 Å². The van der Waals surface area contributed by atoms with Crippen LogP contribution in [0.3, 0.4) is 0 Å². The lowest BCUT2D eigenvalue weighted by Crippen LogP contribution is -2.41. The highest BCUT2D eigenvalue weighted by Crippen LogP contribution is 2.29. The van der Waals surface area contributed by atoms with E-state index in [0.29, 0.717) is 24.7 Å². The van der Waals surface area contributed by atoms with Gasteiger partial charge in [0.25, 0.3) is 0 Å². The molecule has 1 aliphatic heterocycles. The summed E-state index contributed by atoms with van der Waals surface area (Å²) >= 11 is 0. The summed E-state index contributed by atoms with van der Waals surface area (Å²) in [5.41, 5.74) is 2.41. The number of carbonyl (C=O) groups excluding carboxylic acids is 1. The molecule has 3 heteroatoms. The van der Waals surface area contributed by atoms with Crippen molar-refractivity contribution in [2.75, 3.05) is 18.6 Å². The molecule has 0 spiro atoms. The fraction of sp³-hybridized carbons (Fsp3) is 0.500. The van der Waals surface area contributed by atoms with E-state index in [4.69, 9.17) is 4.74 Å². The first-order valence-corrected chi connectivity index (χ1v) is 6.05. The highest BCUT2D eigenvalue weighted by atomic mass is 16.5. The second-order valence-electron chi connectivity index (χ2n) is 4.69. The summed E-state index contributed by atoms with van der Waals surface area (Å²) < 4.78 is 5.21. The normalized spacial score (nSPS) is 20.5. The minimum Gasteiger partial charge on any atom is -0.497 e. The van der Waals surface area contributed by atoms with Gasteiger partial charge in [-0.05, 0) is 37.6 Å². The molecular weight excluding hydrogens is 214 g/mol. The fourth-order valence-corrected chi connectivity index (χ4v) is 2.44. The highest BCUT2D eigenvalue weighted by molar-refractivity contribution is 5.81. The van der Waals surface area contributed by atoms with Crippen LogP contribution in [0.4, 0.5) is 5.69 Å². The van der Waals surface area contributed by atoms with Crippen molar-refractivity contribution >= 4 is 11.5 Å². The quantitative estimate of drug-likeness (QED) is 0.786. The Labute approximate surface area is 102 Å². The van der Waals surface area contributed by atoms with E-state index >= 15 is 0 Å². The number of carbonyl (C=O) groups is 1. The second kappa shape index (κ2) is 4.78. The molecule has 2 rings (SSSR count). The molecule has 0 saturated carbocycles. The number of Topliss-reactive ketones (excluding diaryl/α,β-unsaturated/α-hetero) is 1. The maximum Gasteiger partial charge on any atom is 0.136 e. The summed E-state index contributed by atoms with van der Waals surface area (Å²) in [4.78, 5) is 13.7. The van der Waals surface area contributed by atoms with E-state index in [0.717, 1.165) is 12.3 Å². The van der Waals surface area contributed by atoms with Crippen molar-refractivity contribution in [3.8, 4) is 5.75 Å². The van der Waals surface area contributed by atoms with Crippen molar-refractivity contribution in [1.29, 1.82) is 0 Å². The van der Waals surface area contributed by atoms with Crippen LogP contribution in [0, 0.1) is 6.92 Å². The van der Waals surface area contributed by atoms with Gasteiger partial charge in [0.05, 0.1) is 7.11 Å². The first-order valence-electron chi connectivity index (χ1n) is 6.05. The van der Waals surface area contributed by atoms with Gasteiger partial charge in [-0.25, -0.2) is 0 Å². The molecule has 17 heavy (non-hydrogen) atoms. The summed E-state index contributed by atoms with van der Waals surface area (Å²) in [5.74, 6) is 1.26. The molecule has 1 fully saturated rings. The monoisotopic (exact) mass is 233 g/mol. The van der Waals surface area contributed by atoms with Crippen LogP contribution in [-0.2, 0) is 4.79 Å². The number of methoxy groups -OCH3 is 1. The number of piperidine rings is 1. The van der Waals surface area contributed by atoms with Gasteiger partial charge >= 0.3 is 0 Å². The number of benzene rings is 1. The molecule has 1 aromatic carbocycles. The Balaban J connectivity index is 2.25. The third-order valence-corrected chi connectivity index (χ3v) is 3.40. The first kappa shape index (κ1) is 12.0. The maximum atomic E-state index is 11.4. The van der Waals surface area contributed by atoms with E-state index in [2.05, 4.69) is 24.8 Å². The zero-order valence-corrected chi connectivity index (χ0v) is 10.7. The number of anilines is 1. The van der Waals surface area contributed by atoms with Crippen LogP contribution in [0.1, 0.15) is 25.3 Å². The molecule has 1 atom stereocenters. The van der Waals surface area contributed by atoms with Gasteiger partial charge in [0.15, 0.2) is 0 Å². The standard InChI is InChI=1S/C14H19NO2/c1-10-8-13(17-3)4-5-14(10)15-7-6-12(16)9-11(15)2/h4-5,8,11H,6-7,9H2,1-3H3. The molecule has 92 valence electrons. The van der Waals surface area contributed by atoms with Gasteiger partial charge in [0.1, 0.15) is 11.5 Å². The zero-order valence-electron chi connectivity index (χ0n) is 10.7. The molecule has 1 unspecified atom stereocenters. The predicted molar refractivity (Wildman–Crippen MR) is 68.8 cm³/mol. The maximum absolute atomic E-state index is 11.4. The van der Waals surface area contributed by atoms with Gasteiger partial charge in [0, 0.05) is 31.1 Å². The Bertz CT molecular complexity index is 428. The molecular formula is C14H19NO2. The minimum absolute atomic E-state index is 0.295. The van der Waals surface area contributed by atoms with Crippen molar-refractivity contribution in [1.82, 2.24) is 0 Å². The number of rotatable bonds is 2. The molecule has 1 aliphatic rings. The van der Waals surface area contributed by atoms with Gasteiger partial charge in [-0.1, -0.05) is 0 Å². The number of hydrogen-bond donors (Lipinski definition) is 0. The van der Waals surface area contributed by atoms with Crippen molar-refractivity contribution in [2.24, 2.45) is 0 Å². The summed E-state index contributed by atoms with van der Waals surface area (Å²) in [5, 5.41) is 0. The van der Waals surface area contributed by atoms with Gasteiger partial charge in [-0.3, -0.25) is 4.79 Å². The lowest BCUT2D eigenvalue weighted by molar-refractivity contribution is -0.120. The van der Waals surface area contributed by atoms with E-state index in [1.165, 1.54) is 11.3 Å². The zero-order chi connectivity index (χ0) is 12.4. The smallest absolute Gasteiger partial charge is 0.136 e. The second-order valence-corrected chi connectivity index (χ2v) is 4.69. The van der Waals surface area contributed by atoms with Crippen LogP contribution in [0.2, 0.25) is 0 Å². The largest absolute Gasteiger partial charge is 0.497 e. The Kier molecular flexibility index (Phi) is 3.36. The van der Waals surface area contributed by atoms with Crippen LogP contribution >= 0.6 is 0 Å². The Hall–Kier alpha value is -1.51. The minimum atomic E-state index is 0.295. The average molecular weight is 233 g/mol. The fourth-order valence-electron chi connectivity index (χ4n) is 2.44. The van der Waals surface area contributed by atoms with Crippen LogP contribution in [0.15, 0.2) is 18.2 Å². The van der Waals surface area contributed by atoms with E-state index in [9.17, 15) is 4.79 Å². The molecule has 3 nitrogen and oxygen atoms in total. The van der Waals surface area contributed by atoms with E-state index in [1.54, 1.807) is 7.11 Å². The SMILES string of the molecule is COc1ccc(N2CCC(=O)CC2C)c(C)c1. The lowest BCUT2D eigenvalue weighted by atomic mass is 10.0. The Morgan fingerprint density at radius 1 is 1.41 bits per heavy atom. The third-order valence-electron chi connectivity index (χ3n) is 3.40. The molecule has 0 radical (unpaired) electrons. The molecule has 0 bridgehead atoms. The van der Waals surface area contributed by atoms with Crippen molar-refractivity contribution in [3.05, 3.63) is 23.8 Å². The van der Waals surface area contributed by atoms with E-state index in [-0.39, 0.29) is 0 Å². The number of hydrogen-bond acceptors (Lipinski definition) is 3. The molecule has 1 aromatic rings. The highest BCUT2D eigenvalue weighted by Gasteiger charge is 2.24. The van der Waals surface area contributed by atoms with Crippen LogP contribution in [-0.4, -0.2) is 25.5 Å². The van der Waals surface area contributed by atoms with Crippen LogP contribution < -0.4 is 9.64 Å². The lowest BCUT2D eigenvalue weighted by Gasteiger charge is -2.35. The van der Waals surface area contributed by atoms with Gasteiger partial charge in [-0.2, -0.15) is 0 Å². The Morgan fingerprint density at radius 2 is 2.18 bits per heavy atom. The molecule has 0 N–H and O–H groups in total. The first-order chi connectivity index (χ1) is 8.11. The van der Waals surface area contributed by atoms with Crippen molar-refractivity contribution < 1.29 is 9.53 Å².